The number of aryl methyl sites for hydroxylation is 3. The number of hydrogen-bond acceptors (Lipinski definition) is 6. The molecule has 2 rings (SSSR count). The molecule has 0 radical (unpaired) electrons. The van der Waals surface area contributed by atoms with Crippen LogP contribution in [0.3, 0.4) is 0 Å². The van der Waals surface area contributed by atoms with Crippen molar-refractivity contribution in [2.45, 2.75) is 45.6 Å². The van der Waals surface area contributed by atoms with Crippen LogP contribution in [-0.4, -0.2) is 62.0 Å². The minimum absolute atomic E-state index is 0.165. The summed E-state index contributed by atoms with van der Waals surface area (Å²) in [7, 11) is 4.34. The molecule has 0 aliphatic carbocycles. The molecule has 27 heavy (non-hydrogen) atoms. The first-order valence-corrected chi connectivity index (χ1v) is 9.10. The van der Waals surface area contributed by atoms with Crippen LogP contribution in [-0.2, 0) is 30.4 Å². The fourth-order valence-electron chi connectivity index (χ4n) is 3.95. The van der Waals surface area contributed by atoms with Gasteiger partial charge in [-0.1, -0.05) is 17.7 Å². The van der Waals surface area contributed by atoms with Gasteiger partial charge in [0.25, 0.3) is 5.91 Å². The number of hydroxylamine groups is 4. The minimum Gasteiger partial charge on any atom is -0.467 e. The SMILES string of the molecule is COC(=O)C1(N(OC)C(=O)Cc2c(C)cc(C)cc2C)CCN(OC)CC1. The van der Waals surface area contributed by atoms with Crippen LogP contribution in [0.5, 0.6) is 0 Å². The summed E-state index contributed by atoms with van der Waals surface area (Å²) in [6, 6.07) is 4.11. The first-order valence-electron chi connectivity index (χ1n) is 9.10. The number of benzene rings is 1. The van der Waals surface area contributed by atoms with Gasteiger partial charge in [0.05, 0.1) is 27.8 Å². The highest BCUT2D eigenvalue weighted by Gasteiger charge is 2.50. The highest BCUT2D eigenvalue weighted by molar-refractivity contribution is 5.88. The predicted octanol–water partition coefficient (Wildman–Crippen LogP) is 2.11. The van der Waals surface area contributed by atoms with Crippen molar-refractivity contribution in [1.82, 2.24) is 10.1 Å². The largest absolute Gasteiger partial charge is 0.467 e. The third-order valence-corrected chi connectivity index (χ3v) is 5.34. The molecule has 0 saturated carbocycles. The van der Waals surface area contributed by atoms with Gasteiger partial charge in [0, 0.05) is 13.1 Å². The summed E-state index contributed by atoms with van der Waals surface area (Å²) >= 11 is 0. The average molecular weight is 378 g/mol. The number of esters is 1. The molecule has 0 atom stereocenters. The Kier molecular flexibility index (Phi) is 6.97. The molecule has 1 aliphatic heterocycles. The topological polar surface area (TPSA) is 68.3 Å². The lowest BCUT2D eigenvalue weighted by Gasteiger charge is -2.44. The van der Waals surface area contributed by atoms with Gasteiger partial charge in [-0.25, -0.2) is 9.86 Å². The van der Waals surface area contributed by atoms with Gasteiger partial charge in [0.2, 0.25) is 0 Å². The fraction of sp³-hybridized carbons (Fsp3) is 0.600. The second kappa shape index (κ2) is 8.82. The van der Waals surface area contributed by atoms with Crippen molar-refractivity contribution in [3.05, 3.63) is 34.4 Å². The number of carbonyl (C=O) groups excluding carboxylic acids is 2. The zero-order valence-electron chi connectivity index (χ0n) is 17.1. The molecule has 0 spiro atoms. The number of methoxy groups -OCH3 is 1. The molecule has 1 aromatic carbocycles. The molecule has 1 heterocycles. The Hall–Kier alpha value is -1.96. The molecule has 1 aliphatic rings. The van der Waals surface area contributed by atoms with Crippen molar-refractivity contribution in [3.8, 4) is 0 Å². The van der Waals surface area contributed by atoms with E-state index in [0.717, 1.165) is 22.3 Å². The molecule has 1 fully saturated rings. The van der Waals surface area contributed by atoms with E-state index in [1.807, 2.05) is 20.8 Å². The summed E-state index contributed by atoms with van der Waals surface area (Å²) in [5.74, 6) is -0.727. The molecule has 7 heteroatoms. The summed E-state index contributed by atoms with van der Waals surface area (Å²) in [5.41, 5.74) is 3.07. The van der Waals surface area contributed by atoms with Gasteiger partial charge >= 0.3 is 5.97 Å². The van der Waals surface area contributed by atoms with Crippen LogP contribution in [0.2, 0.25) is 0 Å². The standard InChI is InChI=1S/C20H30N2O5/c1-14-11-15(2)17(16(3)12-14)13-18(23)22(27-6)20(19(24)25-4)7-9-21(26-5)10-8-20/h11-12H,7-10,13H2,1-6H3. The molecule has 0 unspecified atom stereocenters. The van der Waals surface area contributed by atoms with Crippen LogP contribution < -0.4 is 0 Å². The number of ether oxygens (including phenoxy) is 1. The first kappa shape index (κ1) is 21.3. The summed E-state index contributed by atoms with van der Waals surface area (Å²) in [6.45, 7) is 7.02. The Balaban J connectivity index is 2.31. The molecule has 0 N–H and O–H groups in total. The quantitative estimate of drug-likeness (QED) is 0.558. The normalized spacial score (nSPS) is 16.8. The summed E-state index contributed by atoms with van der Waals surface area (Å²) < 4.78 is 5.04. The number of rotatable bonds is 6. The van der Waals surface area contributed by atoms with E-state index in [-0.39, 0.29) is 12.3 Å². The number of carbonyl (C=O) groups is 2. The van der Waals surface area contributed by atoms with Crippen LogP contribution in [0, 0.1) is 20.8 Å². The minimum atomic E-state index is -1.15. The third-order valence-electron chi connectivity index (χ3n) is 5.34. The molecular weight excluding hydrogens is 348 g/mol. The maximum Gasteiger partial charge on any atom is 0.334 e. The zero-order chi connectivity index (χ0) is 20.2. The summed E-state index contributed by atoms with van der Waals surface area (Å²) in [6.07, 6.45) is 0.913. The number of amides is 1. The second-order valence-electron chi connectivity index (χ2n) is 7.06. The smallest absolute Gasteiger partial charge is 0.334 e. The maximum absolute atomic E-state index is 13.2. The Bertz CT molecular complexity index is 673. The van der Waals surface area contributed by atoms with E-state index >= 15 is 0 Å². The van der Waals surface area contributed by atoms with E-state index in [0.29, 0.717) is 25.9 Å². The van der Waals surface area contributed by atoms with Gasteiger partial charge in [-0.3, -0.25) is 9.63 Å². The Labute approximate surface area is 161 Å². The van der Waals surface area contributed by atoms with Gasteiger partial charge < -0.3 is 9.57 Å². The number of piperidine rings is 1. The average Bonchev–Trinajstić information content (AvgIpc) is 2.65. The molecule has 0 aromatic heterocycles. The number of hydrogen-bond donors (Lipinski definition) is 0. The van der Waals surface area contributed by atoms with E-state index in [1.165, 1.54) is 19.3 Å². The second-order valence-corrected chi connectivity index (χ2v) is 7.06. The van der Waals surface area contributed by atoms with E-state index in [9.17, 15) is 9.59 Å². The maximum atomic E-state index is 13.2. The monoisotopic (exact) mass is 378 g/mol. The van der Waals surface area contributed by atoms with Crippen molar-refractivity contribution < 1.29 is 24.0 Å². The van der Waals surface area contributed by atoms with Gasteiger partial charge in [-0.2, -0.15) is 5.06 Å². The van der Waals surface area contributed by atoms with Crippen LogP contribution in [0.1, 0.15) is 35.1 Å². The lowest BCUT2D eigenvalue weighted by atomic mass is 9.87. The Morgan fingerprint density at radius 2 is 1.63 bits per heavy atom. The molecule has 7 nitrogen and oxygen atoms in total. The zero-order valence-corrected chi connectivity index (χ0v) is 17.1. The molecule has 1 amide bonds. The van der Waals surface area contributed by atoms with Gasteiger partial charge in [0.1, 0.15) is 0 Å². The van der Waals surface area contributed by atoms with Crippen molar-refractivity contribution >= 4 is 11.9 Å². The van der Waals surface area contributed by atoms with E-state index in [2.05, 4.69) is 12.1 Å². The highest BCUT2D eigenvalue weighted by atomic mass is 16.7. The molecule has 150 valence electrons. The van der Waals surface area contributed by atoms with E-state index in [4.69, 9.17) is 14.4 Å². The summed E-state index contributed by atoms with van der Waals surface area (Å²) in [4.78, 5) is 36.5. The van der Waals surface area contributed by atoms with Crippen LogP contribution in [0.15, 0.2) is 12.1 Å². The Morgan fingerprint density at radius 1 is 1.07 bits per heavy atom. The van der Waals surface area contributed by atoms with Crippen molar-refractivity contribution in [3.63, 3.8) is 0 Å². The van der Waals surface area contributed by atoms with Crippen molar-refractivity contribution in [2.75, 3.05) is 34.4 Å². The third kappa shape index (κ3) is 4.31. The first-order chi connectivity index (χ1) is 12.8. The van der Waals surface area contributed by atoms with Gasteiger partial charge in [-0.15, -0.1) is 0 Å². The Morgan fingerprint density at radius 3 is 2.07 bits per heavy atom. The molecular formula is C20H30N2O5. The fourth-order valence-corrected chi connectivity index (χ4v) is 3.95. The van der Waals surface area contributed by atoms with Gasteiger partial charge in [-0.05, 0) is 50.3 Å². The molecule has 0 bridgehead atoms. The number of nitrogens with zero attached hydrogens (tertiary/aromatic N) is 2. The highest BCUT2D eigenvalue weighted by Crippen LogP contribution is 2.32. The van der Waals surface area contributed by atoms with E-state index < -0.39 is 11.5 Å². The van der Waals surface area contributed by atoms with Gasteiger partial charge in [0.15, 0.2) is 5.54 Å². The van der Waals surface area contributed by atoms with Crippen molar-refractivity contribution in [1.29, 1.82) is 0 Å². The predicted molar refractivity (Wildman–Crippen MR) is 101 cm³/mol. The van der Waals surface area contributed by atoms with Crippen molar-refractivity contribution in [2.24, 2.45) is 0 Å². The van der Waals surface area contributed by atoms with Crippen LogP contribution in [0.4, 0.5) is 0 Å². The van der Waals surface area contributed by atoms with Crippen LogP contribution >= 0.6 is 0 Å². The lowest BCUT2D eigenvalue weighted by Crippen LogP contribution is -2.62. The lowest BCUT2D eigenvalue weighted by molar-refractivity contribution is -0.238. The summed E-state index contributed by atoms with van der Waals surface area (Å²) in [5, 5.41) is 2.97. The van der Waals surface area contributed by atoms with E-state index in [1.54, 1.807) is 12.2 Å². The van der Waals surface area contributed by atoms with Crippen LogP contribution in [0.25, 0.3) is 0 Å². The molecule has 1 aromatic rings. The molecule has 1 saturated heterocycles.